The Hall–Kier alpha value is -1.32. The number of nitrogens with zero attached hydrogens (tertiary/aromatic N) is 2. The van der Waals surface area contributed by atoms with E-state index in [2.05, 4.69) is 4.98 Å². The quantitative estimate of drug-likeness (QED) is 0.659. The van der Waals surface area contributed by atoms with E-state index in [9.17, 15) is 4.79 Å². The maximum absolute atomic E-state index is 10.6. The molecule has 1 atom stereocenters. The van der Waals surface area contributed by atoms with Gasteiger partial charge in [-0.25, -0.2) is 4.98 Å². The third kappa shape index (κ3) is 0.913. The first-order valence-corrected chi connectivity index (χ1v) is 3.92. The second kappa shape index (κ2) is 2.33. The zero-order valence-electron chi connectivity index (χ0n) is 6.82. The summed E-state index contributed by atoms with van der Waals surface area (Å²) < 4.78 is 1.97. The van der Waals surface area contributed by atoms with Gasteiger partial charge in [0.2, 0.25) is 0 Å². The van der Waals surface area contributed by atoms with Crippen LogP contribution in [0.3, 0.4) is 0 Å². The summed E-state index contributed by atoms with van der Waals surface area (Å²) in [6, 6.07) is 0. The maximum atomic E-state index is 10.6. The Kier molecular flexibility index (Phi) is 1.43. The van der Waals surface area contributed by atoms with Gasteiger partial charge in [-0.05, 0) is 6.92 Å². The SMILES string of the molecule is Cc1cnc2n1C[C@H](C(=O)O)C2. The molecule has 2 rings (SSSR count). The van der Waals surface area contributed by atoms with Crippen LogP contribution >= 0.6 is 0 Å². The van der Waals surface area contributed by atoms with Crippen molar-refractivity contribution in [3.63, 3.8) is 0 Å². The van der Waals surface area contributed by atoms with Crippen molar-refractivity contribution in [1.82, 2.24) is 9.55 Å². The van der Waals surface area contributed by atoms with Gasteiger partial charge in [0.15, 0.2) is 0 Å². The van der Waals surface area contributed by atoms with Crippen LogP contribution in [0.5, 0.6) is 0 Å². The monoisotopic (exact) mass is 166 g/mol. The van der Waals surface area contributed by atoms with Gasteiger partial charge in [0.05, 0.1) is 5.92 Å². The van der Waals surface area contributed by atoms with Crippen LogP contribution in [0.4, 0.5) is 0 Å². The lowest BCUT2D eigenvalue weighted by atomic mass is 10.1. The van der Waals surface area contributed by atoms with Gasteiger partial charge >= 0.3 is 5.97 Å². The van der Waals surface area contributed by atoms with Crippen LogP contribution in [0.2, 0.25) is 0 Å². The number of aromatic nitrogens is 2. The van der Waals surface area contributed by atoms with Gasteiger partial charge in [0.25, 0.3) is 0 Å². The van der Waals surface area contributed by atoms with Crippen molar-refractivity contribution < 1.29 is 9.90 Å². The minimum Gasteiger partial charge on any atom is -0.481 e. The summed E-state index contributed by atoms with van der Waals surface area (Å²) in [4.78, 5) is 14.8. The lowest BCUT2D eigenvalue weighted by Gasteiger charge is -2.01. The van der Waals surface area contributed by atoms with Crippen molar-refractivity contribution in [3.05, 3.63) is 17.7 Å². The van der Waals surface area contributed by atoms with Crippen LogP contribution in [0.1, 0.15) is 11.5 Å². The van der Waals surface area contributed by atoms with Gasteiger partial charge in [0, 0.05) is 24.9 Å². The highest BCUT2D eigenvalue weighted by atomic mass is 16.4. The summed E-state index contributed by atoms with van der Waals surface area (Å²) in [5.74, 6) is -0.0906. The average molecular weight is 166 g/mol. The van der Waals surface area contributed by atoms with Crippen LogP contribution in [-0.2, 0) is 17.8 Å². The fourth-order valence-electron chi connectivity index (χ4n) is 1.59. The number of fused-ring (bicyclic) bond motifs is 1. The molecule has 0 aliphatic carbocycles. The Morgan fingerprint density at radius 2 is 2.58 bits per heavy atom. The molecule has 4 nitrogen and oxygen atoms in total. The maximum Gasteiger partial charge on any atom is 0.308 e. The van der Waals surface area contributed by atoms with Crippen molar-refractivity contribution in [1.29, 1.82) is 0 Å². The summed E-state index contributed by atoms with van der Waals surface area (Å²) in [5.41, 5.74) is 1.05. The van der Waals surface area contributed by atoms with E-state index in [4.69, 9.17) is 5.11 Å². The predicted octanol–water partition coefficient (Wildman–Crippen LogP) is 0.448. The molecule has 0 amide bonds. The van der Waals surface area contributed by atoms with E-state index in [1.54, 1.807) is 6.20 Å². The zero-order chi connectivity index (χ0) is 8.72. The van der Waals surface area contributed by atoms with Crippen molar-refractivity contribution >= 4 is 5.97 Å². The Morgan fingerprint density at radius 1 is 1.83 bits per heavy atom. The van der Waals surface area contributed by atoms with E-state index < -0.39 is 5.97 Å². The summed E-state index contributed by atoms with van der Waals surface area (Å²) in [7, 11) is 0. The van der Waals surface area contributed by atoms with Gasteiger partial charge in [-0.15, -0.1) is 0 Å². The van der Waals surface area contributed by atoms with Crippen molar-refractivity contribution in [2.75, 3.05) is 0 Å². The molecule has 64 valence electrons. The lowest BCUT2D eigenvalue weighted by molar-refractivity contribution is -0.141. The van der Waals surface area contributed by atoms with E-state index >= 15 is 0 Å². The average Bonchev–Trinajstić information content (AvgIpc) is 2.53. The van der Waals surface area contributed by atoms with Crippen LogP contribution in [-0.4, -0.2) is 20.6 Å². The van der Waals surface area contributed by atoms with E-state index in [0.717, 1.165) is 11.5 Å². The highest BCUT2D eigenvalue weighted by molar-refractivity contribution is 5.70. The molecule has 0 spiro atoms. The summed E-state index contributed by atoms with van der Waals surface area (Å²) in [5, 5.41) is 8.75. The zero-order valence-corrected chi connectivity index (χ0v) is 6.82. The summed E-state index contributed by atoms with van der Waals surface area (Å²) in [6.07, 6.45) is 2.36. The molecule has 2 heterocycles. The molecule has 0 radical (unpaired) electrons. The van der Waals surface area contributed by atoms with Crippen molar-refractivity contribution in [3.8, 4) is 0 Å². The fourth-order valence-corrected chi connectivity index (χ4v) is 1.59. The number of aliphatic carboxylic acids is 1. The standard InChI is InChI=1S/C8H10N2O2/c1-5-3-9-7-2-6(8(11)12)4-10(5)7/h3,6H,2,4H2,1H3,(H,11,12)/t6-/m1/s1. The van der Waals surface area contributed by atoms with Crippen LogP contribution in [0, 0.1) is 12.8 Å². The number of rotatable bonds is 1. The Bertz CT molecular complexity index is 330. The van der Waals surface area contributed by atoms with E-state index in [1.165, 1.54) is 0 Å². The first-order valence-electron chi connectivity index (χ1n) is 3.92. The highest BCUT2D eigenvalue weighted by Crippen LogP contribution is 2.20. The number of imidazole rings is 1. The van der Waals surface area contributed by atoms with E-state index in [1.807, 2.05) is 11.5 Å². The molecule has 1 aromatic rings. The third-order valence-electron chi connectivity index (χ3n) is 2.32. The Labute approximate surface area is 69.8 Å². The third-order valence-corrected chi connectivity index (χ3v) is 2.32. The largest absolute Gasteiger partial charge is 0.481 e. The van der Waals surface area contributed by atoms with Crippen LogP contribution < -0.4 is 0 Å². The van der Waals surface area contributed by atoms with Crippen LogP contribution in [0.15, 0.2) is 6.20 Å². The molecule has 0 unspecified atom stereocenters. The number of aryl methyl sites for hydroxylation is 1. The number of hydrogen-bond donors (Lipinski definition) is 1. The topological polar surface area (TPSA) is 55.1 Å². The smallest absolute Gasteiger partial charge is 0.308 e. The molecular weight excluding hydrogens is 156 g/mol. The molecule has 0 aromatic carbocycles. The van der Waals surface area contributed by atoms with Gasteiger partial charge in [0.1, 0.15) is 5.82 Å². The molecular formula is C8H10N2O2. The Morgan fingerprint density at radius 3 is 3.17 bits per heavy atom. The van der Waals surface area contributed by atoms with E-state index in [0.29, 0.717) is 13.0 Å². The predicted molar refractivity (Wildman–Crippen MR) is 41.8 cm³/mol. The first-order chi connectivity index (χ1) is 5.68. The first kappa shape index (κ1) is 7.34. The number of carboxylic acids is 1. The number of hydrogen-bond acceptors (Lipinski definition) is 2. The fraction of sp³-hybridized carbons (Fsp3) is 0.500. The molecule has 12 heavy (non-hydrogen) atoms. The molecule has 0 saturated carbocycles. The van der Waals surface area contributed by atoms with Gasteiger partial charge in [-0.3, -0.25) is 4.79 Å². The second-order valence-corrected chi connectivity index (χ2v) is 3.17. The number of carboxylic acid groups (broad SMARTS) is 1. The van der Waals surface area contributed by atoms with Gasteiger partial charge in [-0.1, -0.05) is 0 Å². The second-order valence-electron chi connectivity index (χ2n) is 3.17. The summed E-state index contributed by atoms with van der Waals surface area (Å²) in [6.45, 7) is 2.53. The van der Waals surface area contributed by atoms with Crippen molar-refractivity contribution in [2.24, 2.45) is 5.92 Å². The van der Waals surface area contributed by atoms with Crippen LogP contribution in [0.25, 0.3) is 0 Å². The number of carbonyl (C=O) groups is 1. The van der Waals surface area contributed by atoms with E-state index in [-0.39, 0.29) is 5.92 Å². The molecule has 0 fully saturated rings. The van der Waals surface area contributed by atoms with Crippen molar-refractivity contribution in [2.45, 2.75) is 19.9 Å². The molecule has 1 N–H and O–H groups in total. The molecule has 4 heteroatoms. The minimum absolute atomic E-state index is 0.271. The molecule has 1 aliphatic heterocycles. The van der Waals surface area contributed by atoms with Gasteiger partial charge in [-0.2, -0.15) is 0 Å². The van der Waals surface area contributed by atoms with Gasteiger partial charge < -0.3 is 9.67 Å². The molecule has 1 aliphatic rings. The lowest BCUT2D eigenvalue weighted by Crippen LogP contribution is -2.15. The highest BCUT2D eigenvalue weighted by Gasteiger charge is 2.28. The molecule has 1 aromatic heterocycles. The molecule has 0 bridgehead atoms. The minimum atomic E-state index is -0.722. The summed E-state index contributed by atoms with van der Waals surface area (Å²) >= 11 is 0. The molecule has 0 saturated heterocycles. The normalized spacial score (nSPS) is 20.9. The Balaban J connectivity index is 2.28.